The van der Waals surface area contributed by atoms with Gasteiger partial charge in [-0.25, -0.2) is 4.79 Å². The Balaban J connectivity index is 3.17. The summed E-state index contributed by atoms with van der Waals surface area (Å²) in [5.41, 5.74) is 0. The van der Waals surface area contributed by atoms with E-state index in [1.54, 1.807) is 6.92 Å². The standard InChI is InChI=1S/C5H7O2/c1-3-5(6)7-4-2/h1,4H2,2H3. The third-order valence-electron chi connectivity index (χ3n) is 0.420. The highest BCUT2D eigenvalue weighted by Crippen LogP contribution is 1.73. The maximum Gasteiger partial charge on any atom is 0.338 e. The Morgan fingerprint density at radius 2 is 2.57 bits per heavy atom. The molecule has 0 rings (SSSR count). The molecule has 0 fully saturated rings. The maximum absolute atomic E-state index is 10.0. The minimum Gasteiger partial charge on any atom is -0.462 e. The average molecular weight is 99.1 g/mol. The molecular weight excluding hydrogens is 92.1 g/mol. The van der Waals surface area contributed by atoms with Crippen molar-refractivity contribution in [1.82, 2.24) is 0 Å². The van der Waals surface area contributed by atoms with Crippen LogP contribution in [-0.4, -0.2) is 12.6 Å². The van der Waals surface area contributed by atoms with Crippen LogP contribution in [0.4, 0.5) is 0 Å². The molecule has 7 heavy (non-hydrogen) atoms. The molecule has 0 heterocycles. The lowest BCUT2D eigenvalue weighted by Gasteiger charge is -1.90. The fourth-order valence-electron chi connectivity index (χ4n) is 0.182. The Labute approximate surface area is 42.8 Å². The molecule has 0 saturated carbocycles. The highest BCUT2D eigenvalue weighted by atomic mass is 16.5. The first kappa shape index (κ1) is 6.21. The smallest absolute Gasteiger partial charge is 0.338 e. The second-order valence-electron chi connectivity index (χ2n) is 0.897. The second-order valence-corrected chi connectivity index (χ2v) is 0.897. The molecule has 0 unspecified atom stereocenters. The van der Waals surface area contributed by atoms with E-state index in [9.17, 15) is 4.79 Å². The van der Waals surface area contributed by atoms with E-state index in [2.05, 4.69) is 17.4 Å². The van der Waals surface area contributed by atoms with Crippen molar-refractivity contribution in [2.24, 2.45) is 0 Å². The maximum atomic E-state index is 10.0. The van der Waals surface area contributed by atoms with Crippen molar-refractivity contribution in [3.63, 3.8) is 0 Å². The van der Waals surface area contributed by atoms with Crippen LogP contribution < -0.4 is 0 Å². The number of ether oxygens (including phenoxy) is 1. The van der Waals surface area contributed by atoms with E-state index < -0.39 is 5.97 Å². The van der Waals surface area contributed by atoms with Crippen LogP contribution in [-0.2, 0) is 9.53 Å². The first-order valence-electron chi connectivity index (χ1n) is 2.01. The molecule has 0 bridgehead atoms. The molecule has 0 N–H and O–H groups in total. The number of hydrogen-bond acceptors (Lipinski definition) is 2. The third-order valence-corrected chi connectivity index (χ3v) is 0.420. The molecule has 0 aliphatic rings. The van der Waals surface area contributed by atoms with Crippen LogP contribution in [0.3, 0.4) is 0 Å². The van der Waals surface area contributed by atoms with Gasteiger partial charge >= 0.3 is 5.97 Å². The van der Waals surface area contributed by atoms with Crippen molar-refractivity contribution in [3.8, 4) is 0 Å². The lowest BCUT2D eigenvalue weighted by Crippen LogP contribution is -1.98. The first-order valence-corrected chi connectivity index (χ1v) is 2.01. The van der Waals surface area contributed by atoms with Gasteiger partial charge in [0.1, 0.15) is 0 Å². The molecule has 0 atom stereocenters. The Kier molecular flexibility index (Phi) is 3.02. The highest BCUT2D eigenvalue weighted by Gasteiger charge is 1.87. The zero-order chi connectivity index (χ0) is 5.70. The van der Waals surface area contributed by atoms with Gasteiger partial charge in [-0.1, -0.05) is 6.58 Å². The first-order chi connectivity index (χ1) is 3.31. The van der Waals surface area contributed by atoms with E-state index in [1.165, 1.54) is 0 Å². The van der Waals surface area contributed by atoms with Gasteiger partial charge in [0.15, 0.2) is 0 Å². The van der Waals surface area contributed by atoms with Gasteiger partial charge in [0.05, 0.1) is 12.7 Å². The summed E-state index contributed by atoms with van der Waals surface area (Å²) in [5, 5.41) is 0. The van der Waals surface area contributed by atoms with Crippen LogP contribution in [0, 0.1) is 6.08 Å². The van der Waals surface area contributed by atoms with Gasteiger partial charge in [-0.15, -0.1) is 0 Å². The quantitative estimate of drug-likeness (QED) is 0.373. The summed E-state index contributed by atoms with van der Waals surface area (Å²) in [5.74, 6) is -0.484. The van der Waals surface area contributed by atoms with E-state index in [0.717, 1.165) is 0 Å². The minimum atomic E-state index is -0.484. The molecule has 2 heteroatoms. The van der Waals surface area contributed by atoms with Gasteiger partial charge in [-0.3, -0.25) is 0 Å². The fourth-order valence-corrected chi connectivity index (χ4v) is 0.182. The molecule has 0 aliphatic carbocycles. The topological polar surface area (TPSA) is 26.3 Å². The fraction of sp³-hybridized carbons (Fsp3) is 0.400. The lowest BCUT2D eigenvalue weighted by atomic mass is 10.6. The summed E-state index contributed by atoms with van der Waals surface area (Å²) in [6, 6.07) is 0. The predicted molar refractivity (Wildman–Crippen MR) is 25.5 cm³/mol. The molecule has 0 aromatic carbocycles. The van der Waals surface area contributed by atoms with E-state index in [-0.39, 0.29) is 0 Å². The molecule has 39 valence electrons. The zero-order valence-corrected chi connectivity index (χ0v) is 4.23. The predicted octanol–water partition coefficient (Wildman–Crippen LogP) is 0.539. The molecule has 0 amide bonds. The van der Waals surface area contributed by atoms with Crippen molar-refractivity contribution < 1.29 is 9.53 Å². The summed E-state index contributed by atoms with van der Waals surface area (Å²) in [4.78, 5) is 10.0. The van der Waals surface area contributed by atoms with Crippen LogP contribution >= 0.6 is 0 Å². The highest BCUT2D eigenvalue weighted by molar-refractivity contribution is 5.76. The summed E-state index contributed by atoms with van der Waals surface area (Å²) < 4.78 is 4.38. The lowest BCUT2D eigenvalue weighted by molar-refractivity contribution is -0.137. The Morgan fingerprint density at radius 3 is 2.71 bits per heavy atom. The summed E-state index contributed by atoms with van der Waals surface area (Å²) >= 11 is 0. The monoisotopic (exact) mass is 99.0 g/mol. The van der Waals surface area contributed by atoms with Gasteiger partial charge in [0.2, 0.25) is 0 Å². The largest absolute Gasteiger partial charge is 0.462 e. The van der Waals surface area contributed by atoms with Crippen LogP contribution in [0.15, 0.2) is 6.58 Å². The van der Waals surface area contributed by atoms with E-state index in [4.69, 9.17) is 0 Å². The number of carbonyl (C=O) groups excluding carboxylic acids is 1. The normalized spacial score (nSPS) is 7.57. The summed E-state index contributed by atoms with van der Waals surface area (Å²) in [6.07, 6.45) is 2.05. The van der Waals surface area contributed by atoms with E-state index in [0.29, 0.717) is 6.61 Å². The Bertz CT molecular complexity index is 76.1. The van der Waals surface area contributed by atoms with Crippen molar-refractivity contribution in [2.75, 3.05) is 6.61 Å². The summed E-state index contributed by atoms with van der Waals surface area (Å²) in [6.45, 7) is 5.20. The summed E-state index contributed by atoms with van der Waals surface area (Å²) in [7, 11) is 0. The molecule has 0 aromatic rings. The van der Waals surface area contributed by atoms with E-state index >= 15 is 0 Å². The number of carbonyl (C=O) groups is 1. The van der Waals surface area contributed by atoms with Crippen molar-refractivity contribution in [2.45, 2.75) is 6.92 Å². The van der Waals surface area contributed by atoms with Gasteiger partial charge < -0.3 is 4.74 Å². The zero-order valence-electron chi connectivity index (χ0n) is 4.23. The van der Waals surface area contributed by atoms with Crippen molar-refractivity contribution >= 4 is 5.97 Å². The van der Waals surface area contributed by atoms with Crippen LogP contribution in [0.25, 0.3) is 0 Å². The molecular formula is C5H7O2. The molecule has 0 aromatic heterocycles. The van der Waals surface area contributed by atoms with Gasteiger partial charge in [-0.05, 0) is 6.92 Å². The van der Waals surface area contributed by atoms with Crippen molar-refractivity contribution in [3.05, 3.63) is 12.7 Å². The van der Waals surface area contributed by atoms with E-state index in [1.807, 2.05) is 0 Å². The van der Waals surface area contributed by atoms with Crippen LogP contribution in [0.5, 0.6) is 0 Å². The third kappa shape index (κ3) is 3.03. The van der Waals surface area contributed by atoms with Crippen LogP contribution in [0.1, 0.15) is 6.92 Å². The van der Waals surface area contributed by atoms with Gasteiger partial charge in [0, 0.05) is 0 Å². The van der Waals surface area contributed by atoms with Crippen LogP contribution in [0.2, 0.25) is 0 Å². The molecule has 2 nitrogen and oxygen atoms in total. The molecule has 1 radical (unpaired) electrons. The molecule has 0 spiro atoms. The van der Waals surface area contributed by atoms with Gasteiger partial charge in [0.25, 0.3) is 0 Å². The van der Waals surface area contributed by atoms with Crippen molar-refractivity contribution in [1.29, 1.82) is 0 Å². The number of esters is 1. The number of hydrogen-bond donors (Lipinski definition) is 0. The minimum absolute atomic E-state index is 0.390. The second kappa shape index (κ2) is 3.40. The SMILES string of the molecule is C=[C]C(=O)OCC. The molecule has 0 aliphatic heterocycles. The number of rotatable bonds is 2. The Hall–Kier alpha value is -0.790. The molecule has 0 saturated heterocycles. The van der Waals surface area contributed by atoms with Gasteiger partial charge in [-0.2, -0.15) is 0 Å². The Morgan fingerprint density at radius 1 is 2.00 bits per heavy atom. The average Bonchev–Trinajstić information content (AvgIpc) is 1.68.